The number of benzene rings is 1. The minimum absolute atomic E-state index is 0. The number of likely N-dealkylation sites (N-methyl/N-ethyl adjacent to an activating group) is 1. The number of nitrogens with one attached hydrogen (secondary N) is 3. The van der Waals surface area contributed by atoms with Crippen molar-refractivity contribution in [1.82, 2.24) is 30.9 Å². The number of rotatable bonds is 5. The van der Waals surface area contributed by atoms with Crippen LogP contribution < -0.4 is 16.0 Å². The highest BCUT2D eigenvalue weighted by atomic mass is 35.5. The zero-order valence-corrected chi connectivity index (χ0v) is 17.5. The molecule has 2 heterocycles. The zero-order chi connectivity index (χ0) is 19.6. The monoisotopic (exact) mass is 426 g/mol. The molecule has 1 aromatic carbocycles. The maximum Gasteiger partial charge on any atom is 0.252 e. The van der Waals surface area contributed by atoms with Gasteiger partial charge < -0.3 is 16.0 Å². The second kappa shape index (κ2) is 8.89. The van der Waals surface area contributed by atoms with Gasteiger partial charge in [-0.1, -0.05) is 22.9 Å². The van der Waals surface area contributed by atoms with Crippen LogP contribution in [0.15, 0.2) is 30.5 Å². The summed E-state index contributed by atoms with van der Waals surface area (Å²) in [5, 5.41) is 17.7. The Morgan fingerprint density at radius 2 is 2.11 bits per heavy atom. The highest BCUT2D eigenvalue weighted by molar-refractivity contribution is 6.30. The van der Waals surface area contributed by atoms with E-state index in [0.717, 1.165) is 0 Å². The van der Waals surface area contributed by atoms with E-state index >= 15 is 0 Å². The number of amides is 2. The quantitative estimate of drug-likeness (QED) is 0.674. The molecule has 1 fully saturated rings. The lowest BCUT2D eigenvalue weighted by Gasteiger charge is -2.23. The summed E-state index contributed by atoms with van der Waals surface area (Å²) in [7, 11) is 1.62. The van der Waals surface area contributed by atoms with Crippen molar-refractivity contribution in [2.45, 2.75) is 37.9 Å². The van der Waals surface area contributed by atoms with Crippen LogP contribution in [0.1, 0.15) is 42.4 Å². The summed E-state index contributed by atoms with van der Waals surface area (Å²) in [5.74, 6) is -0.272. The average molecular weight is 427 g/mol. The smallest absolute Gasteiger partial charge is 0.252 e. The summed E-state index contributed by atoms with van der Waals surface area (Å²) in [4.78, 5) is 24.3. The Morgan fingerprint density at radius 1 is 1.36 bits per heavy atom. The lowest BCUT2D eigenvalue weighted by atomic mass is 10.0. The van der Waals surface area contributed by atoms with Crippen LogP contribution in [-0.2, 0) is 10.3 Å². The lowest BCUT2D eigenvalue weighted by molar-refractivity contribution is -0.122. The maximum atomic E-state index is 12.5. The van der Waals surface area contributed by atoms with Gasteiger partial charge in [-0.15, -0.1) is 17.5 Å². The standard InChI is InChI=1S/C18H23ClN6O2.ClH/c1-18(2,22-16(26)11-5-4-6-12(19)7-11)15-10-25(24-23-15)13-8-14(21-9-13)17(27)20-3;/h4-7,10,13-14,21H,8-9H2,1-3H3,(H,20,27)(H,22,26);1H/t13-,14+;/m1./s1. The number of aromatic nitrogens is 3. The maximum absolute atomic E-state index is 12.5. The summed E-state index contributed by atoms with van der Waals surface area (Å²) >= 11 is 5.96. The van der Waals surface area contributed by atoms with E-state index in [0.29, 0.717) is 29.2 Å². The molecule has 0 radical (unpaired) electrons. The van der Waals surface area contributed by atoms with Crippen LogP contribution in [0.4, 0.5) is 0 Å². The summed E-state index contributed by atoms with van der Waals surface area (Å²) in [6.45, 7) is 4.37. The van der Waals surface area contributed by atoms with Crippen LogP contribution in [0, 0.1) is 0 Å². The van der Waals surface area contributed by atoms with E-state index in [1.807, 2.05) is 20.0 Å². The SMILES string of the molecule is CNC(=O)[C@@H]1C[C@@H](n2cc(C(C)(C)NC(=O)c3cccc(Cl)c3)nn2)CN1.Cl. The van der Waals surface area contributed by atoms with Crippen molar-refractivity contribution in [3.8, 4) is 0 Å². The third-order valence-electron chi connectivity index (χ3n) is 4.71. The summed E-state index contributed by atoms with van der Waals surface area (Å²) in [6.07, 6.45) is 2.45. The van der Waals surface area contributed by atoms with Crippen LogP contribution in [0.3, 0.4) is 0 Å². The Bertz CT molecular complexity index is 854. The number of carbonyl (C=O) groups is 2. The Morgan fingerprint density at radius 3 is 2.79 bits per heavy atom. The molecule has 2 atom stereocenters. The Labute approximate surface area is 174 Å². The first-order valence-corrected chi connectivity index (χ1v) is 9.13. The lowest BCUT2D eigenvalue weighted by Crippen LogP contribution is -2.41. The summed E-state index contributed by atoms with van der Waals surface area (Å²) in [5.41, 5.74) is 0.404. The van der Waals surface area contributed by atoms with Gasteiger partial charge in [0.1, 0.15) is 5.69 Å². The van der Waals surface area contributed by atoms with E-state index in [9.17, 15) is 9.59 Å². The number of hydrogen-bond acceptors (Lipinski definition) is 5. The van der Waals surface area contributed by atoms with Crippen molar-refractivity contribution in [2.75, 3.05) is 13.6 Å². The van der Waals surface area contributed by atoms with Gasteiger partial charge in [0.2, 0.25) is 5.91 Å². The molecule has 10 heteroatoms. The molecule has 28 heavy (non-hydrogen) atoms. The molecule has 1 aliphatic rings. The minimum Gasteiger partial charge on any atom is -0.358 e. The van der Waals surface area contributed by atoms with Gasteiger partial charge in [0.25, 0.3) is 5.91 Å². The fraction of sp³-hybridized carbons (Fsp3) is 0.444. The normalized spacial score (nSPS) is 19.0. The highest BCUT2D eigenvalue weighted by Crippen LogP contribution is 2.23. The van der Waals surface area contributed by atoms with Gasteiger partial charge in [0, 0.05) is 24.2 Å². The predicted molar refractivity (Wildman–Crippen MR) is 109 cm³/mol. The fourth-order valence-electron chi connectivity index (χ4n) is 3.08. The molecule has 2 amide bonds. The molecule has 0 bridgehead atoms. The molecule has 1 aliphatic heterocycles. The van der Waals surface area contributed by atoms with Crippen LogP contribution >= 0.6 is 24.0 Å². The Kier molecular flexibility index (Phi) is 7.03. The van der Waals surface area contributed by atoms with Crippen LogP contribution in [0.25, 0.3) is 0 Å². The van der Waals surface area contributed by atoms with E-state index < -0.39 is 5.54 Å². The van der Waals surface area contributed by atoms with Gasteiger partial charge in [-0.3, -0.25) is 9.59 Å². The fourth-order valence-corrected chi connectivity index (χ4v) is 3.27. The Hall–Kier alpha value is -2.16. The molecule has 152 valence electrons. The third kappa shape index (κ3) is 4.81. The first kappa shape index (κ1) is 22.1. The molecule has 0 saturated carbocycles. The zero-order valence-electron chi connectivity index (χ0n) is 15.9. The number of hydrogen-bond donors (Lipinski definition) is 3. The molecule has 0 aliphatic carbocycles. The molecule has 8 nitrogen and oxygen atoms in total. The highest BCUT2D eigenvalue weighted by Gasteiger charge is 2.32. The van der Waals surface area contributed by atoms with Gasteiger partial charge in [-0.2, -0.15) is 0 Å². The number of halogens is 2. The number of nitrogens with zero attached hydrogens (tertiary/aromatic N) is 3. The molecular weight excluding hydrogens is 403 g/mol. The summed E-state index contributed by atoms with van der Waals surface area (Å²) in [6, 6.07) is 6.58. The average Bonchev–Trinajstić information content (AvgIpc) is 3.30. The first-order valence-electron chi connectivity index (χ1n) is 8.75. The molecule has 2 aromatic rings. The third-order valence-corrected chi connectivity index (χ3v) is 4.94. The van der Waals surface area contributed by atoms with Gasteiger partial charge in [-0.05, 0) is 38.5 Å². The molecule has 1 saturated heterocycles. The Balaban J connectivity index is 0.00000280. The van der Waals surface area contributed by atoms with E-state index in [-0.39, 0.29) is 36.3 Å². The molecule has 3 rings (SSSR count). The van der Waals surface area contributed by atoms with Gasteiger partial charge >= 0.3 is 0 Å². The summed E-state index contributed by atoms with van der Waals surface area (Å²) < 4.78 is 1.75. The topological polar surface area (TPSA) is 101 Å². The number of carbonyl (C=O) groups excluding carboxylic acids is 2. The molecule has 0 unspecified atom stereocenters. The largest absolute Gasteiger partial charge is 0.358 e. The van der Waals surface area contributed by atoms with Crippen LogP contribution in [-0.4, -0.2) is 46.4 Å². The van der Waals surface area contributed by atoms with Crippen molar-refractivity contribution in [2.24, 2.45) is 0 Å². The van der Waals surface area contributed by atoms with Crippen molar-refractivity contribution in [3.05, 3.63) is 46.7 Å². The molecular formula is C18H24Cl2N6O2. The molecule has 0 spiro atoms. The van der Waals surface area contributed by atoms with Crippen molar-refractivity contribution >= 4 is 35.8 Å². The molecule has 3 N–H and O–H groups in total. The van der Waals surface area contributed by atoms with Crippen molar-refractivity contribution in [3.63, 3.8) is 0 Å². The van der Waals surface area contributed by atoms with Crippen LogP contribution in [0.5, 0.6) is 0 Å². The van der Waals surface area contributed by atoms with Crippen molar-refractivity contribution in [1.29, 1.82) is 0 Å². The second-order valence-electron chi connectivity index (χ2n) is 7.14. The predicted octanol–water partition coefficient (Wildman–Crippen LogP) is 1.67. The minimum atomic E-state index is -0.718. The van der Waals surface area contributed by atoms with E-state index in [1.54, 1.807) is 36.0 Å². The van der Waals surface area contributed by atoms with Crippen molar-refractivity contribution < 1.29 is 9.59 Å². The van der Waals surface area contributed by atoms with E-state index in [2.05, 4.69) is 26.3 Å². The molecule has 1 aromatic heterocycles. The second-order valence-corrected chi connectivity index (χ2v) is 7.57. The van der Waals surface area contributed by atoms with E-state index in [4.69, 9.17) is 11.6 Å². The van der Waals surface area contributed by atoms with Crippen LogP contribution in [0.2, 0.25) is 5.02 Å². The van der Waals surface area contributed by atoms with Gasteiger partial charge in [-0.25, -0.2) is 4.68 Å². The van der Waals surface area contributed by atoms with Gasteiger partial charge in [0.15, 0.2) is 0 Å². The van der Waals surface area contributed by atoms with E-state index in [1.165, 1.54) is 0 Å². The first-order chi connectivity index (χ1) is 12.8. The van der Waals surface area contributed by atoms with Gasteiger partial charge in [0.05, 0.1) is 23.8 Å².